The second-order valence-electron chi connectivity index (χ2n) is 7.45. The number of hydrogen-bond donors (Lipinski definition) is 2. The minimum atomic E-state index is -1.27. The summed E-state index contributed by atoms with van der Waals surface area (Å²) in [4.78, 5) is 61.0. The Morgan fingerprint density at radius 1 is 1.30 bits per heavy atom. The van der Waals surface area contributed by atoms with Gasteiger partial charge >= 0.3 is 12.1 Å². The number of amides is 2. The van der Waals surface area contributed by atoms with Crippen LogP contribution in [0.5, 0.6) is 0 Å². The van der Waals surface area contributed by atoms with Crippen LogP contribution in [0.4, 0.5) is 9.93 Å². The normalized spacial score (nSPS) is 19.9. The van der Waals surface area contributed by atoms with E-state index in [0.29, 0.717) is 11.3 Å². The summed E-state index contributed by atoms with van der Waals surface area (Å²) in [5.41, 5.74) is 6.21. The Hall–Kier alpha value is -3.37. The zero-order chi connectivity index (χ0) is 27.1. The van der Waals surface area contributed by atoms with Crippen molar-refractivity contribution in [1.82, 2.24) is 15.2 Å². The Morgan fingerprint density at radius 2 is 2.05 bits per heavy atom. The maximum Gasteiger partial charge on any atom is 0.511 e. The molecule has 2 aliphatic heterocycles. The van der Waals surface area contributed by atoms with Gasteiger partial charge in [0, 0.05) is 25.2 Å². The van der Waals surface area contributed by atoms with E-state index in [1.165, 1.54) is 30.7 Å². The van der Waals surface area contributed by atoms with E-state index in [-0.39, 0.29) is 42.1 Å². The van der Waals surface area contributed by atoms with Gasteiger partial charge in [0.1, 0.15) is 29.4 Å². The molecule has 1 aromatic rings. The second kappa shape index (κ2) is 12.7. The molecule has 3 heterocycles. The monoisotopic (exact) mass is 557 g/mol. The number of aromatic nitrogens is 1. The summed E-state index contributed by atoms with van der Waals surface area (Å²) in [5.74, 6) is -1.79. The van der Waals surface area contributed by atoms with Gasteiger partial charge in [-0.3, -0.25) is 14.5 Å². The van der Waals surface area contributed by atoms with E-state index in [2.05, 4.69) is 20.2 Å². The molecule has 0 aromatic carbocycles. The number of β-lactam (4-membered cyclic amide) rings is 1. The fourth-order valence-electron chi connectivity index (χ4n) is 3.41. The van der Waals surface area contributed by atoms with Crippen molar-refractivity contribution in [3.8, 4) is 0 Å². The van der Waals surface area contributed by atoms with E-state index in [0.717, 1.165) is 11.3 Å². The van der Waals surface area contributed by atoms with Crippen molar-refractivity contribution < 1.29 is 43.0 Å². The lowest BCUT2D eigenvalue weighted by molar-refractivity contribution is -0.169. The fraction of sp³-hybridized carbons (Fsp3) is 0.524. The first-order chi connectivity index (χ1) is 17.7. The molecule has 14 nitrogen and oxygen atoms in total. The average molecular weight is 558 g/mol. The summed E-state index contributed by atoms with van der Waals surface area (Å²) in [6, 6.07) is -0.958. The second-order valence-corrected chi connectivity index (χ2v) is 9.44. The van der Waals surface area contributed by atoms with Crippen molar-refractivity contribution in [3.63, 3.8) is 0 Å². The molecule has 0 radical (unpaired) electrons. The molecule has 2 aliphatic rings. The van der Waals surface area contributed by atoms with E-state index in [9.17, 15) is 19.2 Å². The molecule has 3 N–H and O–H groups in total. The zero-order valence-corrected chi connectivity index (χ0v) is 22.2. The first-order valence-electron chi connectivity index (χ1n) is 11.1. The molecule has 202 valence electrons. The SMILES string of the molecule is CCON=C(C(=O)NC1C(=O)N2C(C(=O)OC(C)OC(=O)OCC)=C(COC)CS[C@@H]12)c1csc(N)n1. The number of nitrogens with one attached hydrogen (secondary N) is 1. The molecule has 1 saturated heterocycles. The van der Waals surface area contributed by atoms with Gasteiger partial charge in [0.2, 0.25) is 6.29 Å². The lowest BCUT2D eigenvalue weighted by Gasteiger charge is -2.49. The summed E-state index contributed by atoms with van der Waals surface area (Å²) < 4.78 is 19.9. The molecule has 2 amide bonds. The number of esters is 1. The predicted octanol–water partition coefficient (Wildman–Crippen LogP) is 0.829. The summed E-state index contributed by atoms with van der Waals surface area (Å²) in [6.07, 6.45) is -2.27. The zero-order valence-electron chi connectivity index (χ0n) is 20.5. The first kappa shape index (κ1) is 28.2. The number of nitrogen functional groups attached to an aromatic ring is 1. The highest BCUT2D eigenvalue weighted by Gasteiger charge is 2.55. The summed E-state index contributed by atoms with van der Waals surface area (Å²) in [7, 11) is 1.45. The molecule has 1 aromatic heterocycles. The van der Waals surface area contributed by atoms with Crippen LogP contribution in [0.3, 0.4) is 0 Å². The molecule has 2 unspecified atom stereocenters. The number of carbonyl (C=O) groups excluding carboxylic acids is 4. The number of thioether (sulfide) groups is 1. The number of nitrogens with two attached hydrogens (primary N) is 1. The Bertz CT molecular complexity index is 1110. The lowest BCUT2D eigenvalue weighted by atomic mass is 10.0. The topological polar surface area (TPSA) is 181 Å². The van der Waals surface area contributed by atoms with Crippen LogP contribution in [-0.2, 0) is 38.2 Å². The van der Waals surface area contributed by atoms with E-state index in [1.807, 2.05) is 0 Å². The van der Waals surface area contributed by atoms with Gasteiger partial charge in [-0.05, 0) is 19.4 Å². The van der Waals surface area contributed by atoms with Crippen LogP contribution in [0.15, 0.2) is 21.8 Å². The highest BCUT2D eigenvalue weighted by atomic mass is 32.2. The maximum absolute atomic E-state index is 13.1. The predicted molar refractivity (Wildman–Crippen MR) is 132 cm³/mol. The van der Waals surface area contributed by atoms with E-state index >= 15 is 0 Å². The fourth-order valence-corrected chi connectivity index (χ4v) is 5.29. The smallest absolute Gasteiger partial charge is 0.435 e. The third-order valence-electron chi connectivity index (χ3n) is 4.91. The minimum absolute atomic E-state index is 0.0316. The molecule has 0 aliphatic carbocycles. The molecule has 0 spiro atoms. The van der Waals surface area contributed by atoms with Crippen molar-refractivity contribution >= 4 is 57.9 Å². The highest BCUT2D eigenvalue weighted by molar-refractivity contribution is 8.00. The number of rotatable bonds is 11. The molecular weight excluding hydrogens is 530 g/mol. The van der Waals surface area contributed by atoms with E-state index in [4.69, 9.17) is 24.8 Å². The number of methoxy groups -OCH3 is 1. The van der Waals surface area contributed by atoms with Gasteiger partial charge in [0.25, 0.3) is 11.8 Å². The van der Waals surface area contributed by atoms with Crippen LogP contribution in [0.25, 0.3) is 0 Å². The van der Waals surface area contributed by atoms with E-state index in [1.54, 1.807) is 19.2 Å². The maximum atomic E-state index is 13.1. The number of fused-ring (bicyclic) bond motifs is 1. The van der Waals surface area contributed by atoms with Crippen LogP contribution in [0.1, 0.15) is 26.5 Å². The molecule has 37 heavy (non-hydrogen) atoms. The Labute approximate surface area is 220 Å². The number of nitrogens with zero attached hydrogens (tertiary/aromatic N) is 3. The largest absolute Gasteiger partial charge is 0.511 e. The summed E-state index contributed by atoms with van der Waals surface area (Å²) in [5, 5.41) is 7.65. The lowest BCUT2D eigenvalue weighted by Crippen LogP contribution is -2.71. The number of carbonyl (C=O) groups is 4. The number of oxime groups is 1. The van der Waals surface area contributed by atoms with Crippen molar-refractivity contribution in [3.05, 3.63) is 22.3 Å². The number of ether oxygens (including phenoxy) is 4. The Morgan fingerprint density at radius 3 is 2.68 bits per heavy atom. The van der Waals surface area contributed by atoms with Crippen molar-refractivity contribution in [2.45, 2.75) is 38.5 Å². The molecule has 3 rings (SSSR count). The van der Waals surface area contributed by atoms with Crippen LogP contribution >= 0.6 is 23.1 Å². The van der Waals surface area contributed by atoms with Crippen LogP contribution in [0.2, 0.25) is 0 Å². The minimum Gasteiger partial charge on any atom is -0.435 e. The first-order valence-corrected chi connectivity index (χ1v) is 13.1. The molecule has 0 saturated carbocycles. The molecule has 3 atom stereocenters. The van der Waals surface area contributed by atoms with Crippen molar-refractivity contribution in [2.75, 3.05) is 38.4 Å². The summed E-state index contributed by atoms with van der Waals surface area (Å²) >= 11 is 2.46. The molecule has 1 fully saturated rings. The standard InChI is InChI=1S/C21H27N5O9S2/c1-5-32-21(30)35-10(3)34-19(29)15-11(7-31-4)8-36-18-14(17(28)26(15)18)24-16(27)13(25-33-6-2)12-9-37-20(22)23-12/h9-10,14,18H,5-8H2,1-4H3,(H2,22,23)(H,24,27)/t10?,14?,18-/m0/s1. The van der Waals surface area contributed by atoms with Gasteiger partial charge in [0.15, 0.2) is 10.8 Å². The van der Waals surface area contributed by atoms with Gasteiger partial charge in [-0.2, -0.15) is 0 Å². The Balaban J connectivity index is 1.75. The molecule has 0 bridgehead atoms. The number of hydrogen-bond acceptors (Lipinski definition) is 14. The van der Waals surface area contributed by atoms with Gasteiger partial charge in [-0.25, -0.2) is 14.6 Å². The third-order valence-corrected chi connectivity index (χ3v) is 6.92. The number of thiazole rings is 1. The van der Waals surface area contributed by atoms with Gasteiger partial charge in [-0.1, -0.05) is 5.16 Å². The van der Waals surface area contributed by atoms with Crippen molar-refractivity contribution in [1.29, 1.82) is 0 Å². The quantitative estimate of drug-likeness (QED) is 0.129. The van der Waals surface area contributed by atoms with Crippen LogP contribution in [-0.4, -0.2) is 89.9 Å². The molecular formula is C21H27N5O9S2. The highest BCUT2D eigenvalue weighted by Crippen LogP contribution is 2.41. The Kier molecular flexibility index (Phi) is 9.71. The number of anilines is 1. The van der Waals surface area contributed by atoms with Gasteiger partial charge in [-0.15, -0.1) is 23.1 Å². The average Bonchev–Trinajstić information content (AvgIpc) is 3.28. The molecule has 16 heteroatoms. The third kappa shape index (κ3) is 6.50. The van der Waals surface area contributed by atoms with Gasteiger partial charge < -0.3 is 34.8 Å². The van der Waals surface area contributed by atoms with E-state index < -0.39 is 41.6 Å². The van der Waals surface area contributed by atoms with Crippen LogP contribution < -0.4 is 11.1 Å². The van der Waals surface area contributed by atoms with Crippen LogP contribution in [0, 0.1) is 0 Å². The summed E-state index contributed by atoms with van der Waals surface area (Å²) in [6.45, 7) is 5.00. The van der Waals surface area contributed by atoms with Crippen molar-refractivity contribution in [2.24, 2.45) is 5.16 Å². The van der Waals surface area contributed by atoms with Gasteiger partial charge in [0.05, 0.1) is 13.2 Å².